The Morgan fingerprint density at radius 3 is 1.90 bits per heavy atom. The van der Waals surface area contributed by atoms with E-state index in [9.17, 15) is 0 Å². The fraction of sp³-hybridized carbons (Fsp3) is 0.333. The van der Waals surface area contributed by atoms with E-state index in [-0.39, 0.29) is 0 Å². The van der Waals surface area contributed by atoms with Crippen molar-refractivity contribution in [2.24, 2.45) is 0 Å². The SMILES string of the molecule is C=CCN(CC=C)C(=C)C. The van der Waals surface area contributed by atoms with Crippen molar-refractivity contribution in [3.63, 3.8) is 0 Å². The van der Waals surface area contributed by atoms with Crippen LogP contribution in [-0.2, 0) is 0 Å². The first kappa shape index (κ1) is 9.02. The molecule has 0 bridgehead atoms. The van der Waals surface area contributed by atoms with Crippen LogP contribution in [0.4, 0.5) is 0 Å². The van der Waals surface area contributed by atoms with Crippen molar-refractivity contribution in [2.75, 3.05) is 13.1 Å². The van der Waals surface area contributed by atoms with Gasteiger partial charge in [-0.3, -0.25) is 0 Å². The number of rotatable bonds is 5. The van der Waals surface area contributed by atoms with Gasteiger partial charge in [-0.05, 0) is 6.92 Å². The van der Waals surface area contributed by atoms with Crippen LogP contribution in [0.3, 0.4) is 0 Å². The minimum Gasteiger partial charge on any atom is -0.368 e. The molecule has 0 aliphatic heterocycles. The van der Waals surface area contributed by atoms with E-state index in [2.05, 4.69) is 24.6 Å². The molecule has 0 unspecified atom stereocenters. The van der Waals surface area contributed by atoms with Gasteiger partial charge in [0.15, 0.2) is 0 Å². The van der Waals surface area contributed by atoms with Crippen LogP contribution in [-0.4, -0.2) is 18.0 Å². The smallest absolute Gasteiger partial charge is 0.0357 e. The van der Waals surface area contributed by atoms with Gasteiger partial charge >= 0.3 is 0 Å². The molecular weight excluding hydrogens is 122 g/mol. The minimum absolute atomic E-state index is 0.849. The van der Waals surface area contributed by atoms with Crippen LogP contribution in [0.1, 0.15) is 6.92 Å². The molecule has 0 rings (SSSR count). The highest BCUT2D eigenvalue weighted by Gasteiger charge is 1.95. The van der Waals surface area contributed by atoms with Gasteiger partial charge in [-0.1, -0.05) is 18.7 Å². The molecule has 0 aromatic heterocycles. The Balaban J connectivity index is 3.83. The van der Waals surface area contributed by atoms with Gasteiger partial charge in [0.2, 0.25) is 0 Å². The molecule has 0 heterocycles. The van der Waals surface area contributed by atoms with E-state index in [1.807, 2.05) is 19.1 Å². The molecule has 0 aliphatic carbocycles. The topological polar surface area (TPSA) is 3.24 Å². The Hall–Kier alpha value is -0.980. The predicted octanol–water partition coefficient (Wildman–Crippen LogP) is 2.19. The Morgan fingerprint density at radius 2 is 1.70 bits per heavy atom. The molecule has 0 aromatic carbocycles. The van der Waals surface area contributed by atoms with Gasteiger partial charge in [-0.15, -0.1) is 13.2 Å². The average Bonchev–Trinajstić information content (AvgIpc) is 1.87. The molecule has 0 saturated heterocycles. The van der Waals surface area contributed by atoms with Crippen molar-refractivity contribution in [1.29, 1.82) is 0 Å². The molecular formula is C9H15N. The summed E-state index contributed by atoms with van der Waals surface area (Å²) in [6, 6.07) is 0. The van der Waals surface area contributed by atoms with Crippen molar-refractivity contribution >= 4 is 0 Å². The second kappa shape index (κ2) is 4.86. The van der Waals surface area contributed by atoms with Crippen LogP contribution in [0.15, 0.2) is 37.6 Å². The lowest BCUT2D eigenvalue weighted by Crippen LogP contribution is -2.20. The number of nitrogens with zero attached hydrogens (tertiary/aromatic N) is 1. The quantitative estimate of drug-likeness (QED) is 0.525. The standard InChI is InChI=1S/C9H15N/c1-5-7-10(8-6-2)9(3)4/h5-6H,1-3,7-8H2,4H3. The van der Waals surface area contributed by atoms with E-state index < -0.39 is 0 Å². The van der Waals surface area contributed by atoms with E-state index in [4.69, 9.17) is 0 Å². The van der Waals surface area contributed by atoms with Crippen LogP contribution in [0, 0.1) is 0 Å². The lowest BCUT2D eigenvalue weighted by molar-refractivity contribution is 0.425. The molecule has 56 valence electrons. The molecule has 0 aromatic rings. The summed E-state index contributed by atoms with van der Waals surface area (Å²) in [5, 5.41) is 0. The zero-order valence-electron chi connectivity index (χ0n) is 6.64. The van der Waals surface area contributed by atoms with Crippen LogP contribution in [0.2, 0.25) is 0 Å². The van der Waals surface area contributed by atoms with Crippen LogP contribution >= 0.6 is 0 Å². The highest BCUT2D eigenvalue weighted by molar-refractivity contribution is 4.94. The fourth-order valence-corrected chi connectivity index (χ4v) is 0.698. The van der Waals surface area contributed by atoms with E-state index in [0.717, 1.165) is 18.8 Å². The normalized spacial score (nSPS) is 8.50. The summed E-state index contributed by atoms with van der Waals surface area (Å²) in [7, 11) is 0. The van der Waals surface area contributed by atoms with Gasteiger partial charge in [0.1, 0.15) is 0 Å². The molecule has 0 amide bonds. The average molecular weight is 137 g/mol. The summed E-state index contributed by atoms with van der Waals surface area (Å²) in [6.45, 7) is 14.8. The van der Waals surface area contributed by atoms with Gasteiger partial charge in [0, 0.05) is 18.8 Å². The zero-order chi connectivity index (χ0) is 7.98. The molecule has 0 fully saturated rings. The predicted molar refractivity (Wildman–Crippen MR) is 46.8 cm³/mol. The summed E-state index contributed by atoms with van der Waals surface area (Å²) < 4.78 is 0. The van der Waals surface area contributed by atoms with Gasteiger partial charge < -0.3 is 4.90 Å². The molecule has 0 N–H and O–H groups in total. The number of hydrogen-bond donors (Lipinski definition) is 0. The van der Waals surface area contributed by atoms with Gasteiger partial charge in [0.25, 0.3) is 0 Å². The van der Waals surface area contributed by atoms with Gasteiger partial charge in [0.05, 0.1) is 0 Å². The lowest BCUT2D eigenvalue weighted by Gasteiger charge is -2.20. The van der Waals surface area contributed by atoms with E-state index >= 15 is 0 Å². The van der Waals surface area contributed by atoms with Gasteiger partial charge in [-0.2, -0.15) is 0 Å². The molecule has 0 atom stereocenters. The maximum absolute atomic E-state index is 3.82. The first-order chi connectivity index (χ1) is 4.72. The van der Waals surface area contributed by atoms with Crippen LogP contribution in [0.25, 0.3) is 0 Å². The van der Waals surface area contributed by atoms with Crippen LogP contribution in [0.5, 0.6) is 0 Å². The highest BCUT2D eigenvalue weighted by Crippen LogP contribution is 1.98. The van der Waals surface area contributed by atoms with E-state index in [1.165, 1.54) is 0 Å². The van der Waals surface area contributed by atoms with Crippen LogP contribution < -0.4 is 0 Å². The van der Waals surface area contributed by atoms with E-state index in [1.54, 1.807) is 0 Å². The number of allylic oxidation sites excluding steroid dienone is 1. The minimum atomic E-state index is 0.849. The Kier molecular flexibility index (Phi) is 4.38. The first-order valence-corrected chi connectivity index (χ1v) is 3.34. The summed E-state index contributed by atoms with van der Waals surface area (Å²) in [4.78, 5) is 2.10. The third-order valence-corrected chi connectivity index (χ3v) is 1.24. The first-order valence-electron chi connectivity index (χ1n) is 3.34. The maximum atomic E-state index is 3.82. The summed E-state index contributed by atoms with van der Waals surface area (Å²) in [6.07, 6.45) is 3.72. The van der Waals surface area contributed by atoms with Crippen molar-refractivity contribution in [2.45, 2.75) is 6.92 Å². The highest BCUT2D eigenvalue weighted by atomic mass is 15.1. The van der Waals surface area contributed by atoms with Crippen molar-refractivity contribution in [1.82, 2.24) is 4.90 Å². The second-order valence-electron chi connectivity index (χ2n) is 2.22. The summed E-state index contributed by atoms with van der Waals surface area (Å²) in [5.41, 5.74) is 1.06. The van der Waals surface area contributed by atoms with Crippen molar-refractivity contribution in [3.8, 4) is 0 Å². The Morgan fingerprint density at radius 1 is 1.30 bits per heavy atom. The molecule has 0 saturated carbocycles. The molecule has 0 aliphatic rings. The van der Waals surface area contributed by atoms with E-state index in [0.29, 0.717) is 0 Å². The monoisotopic (exact) mass is 137 g/mol. The third kappa shape index (κ3) is 3.13. The molecule has 0 radical (unpaired) electrons. The summed E-state index contributed by atoms with van der Waals surface area (Å²) >= 11 is 0. The van der Waals surface area contributed by atoms with Gasteiger partial charge in [-0.25, -0.2) is 0 Å². The Labute approximate surface area is 63.3 Å². The zero-order valence-corrected chi connectivity index (χ0v) is 6.64. The van der Waals surface area contributed by atoms with Crippen molar-refractivity contribution < 1.29 is 0 Å². The Bertz CT molecular complexity index is 126. The number of hydrogen-bond acceptors (Lipinski definition) is 1. The fourth-order valence-electron chi connectivity index (χ4n) is 0.698. The molecule has 1 heteroatoms. The summed E-state index contributed by atoms with van der Waals surface area (Å²) in [5.74, 6) is 0. The lowest BCUT2D eigenvalue weighted by atomic mass is 10.4. The maximum Gasteiger partial charge on any atom is 0.0357 e. The molecule has 10 heavy (non-hydrogen) atoms. The second-order valence-corrected chi connectivity index (χ2v) is 2.22. The third-order valence-electron chi connectivity index (χ3n) is 1.24. The largest absolute Gasteiger partial charge is 0.368 e. The molecule has 0 spiro atoms. The molecule has 1 nitrogen and oxygen atoms in total. The van der Waals surface area contributed by atoms with Crippen molar-refractivity contribution in [3.05, 3.63) is 37.6 Å².